The van der Waals surface area contributed by atoms with E-state index in [1.165, 1.54) is 29.2 Å². The van der Waals surface area contributed by atoms with Gasteiger partial charge in [0.2, 0.25) is 0 Å². The van der Waals surface area contributed by atoms with Crippen LogP contribution in [0.15, 0.2) is 48.5 Å². The Hall–Kier alpha value is -2.94. The highest BCUT2D eigenvalue weighted by molar-refractivity contribution is 6.30. The number of hydrogen-bond donors (Lipinski definition) is 1. The van der Waals surface area contributed by atoms with Crippen LogP contribution in [0.1, 0.15) is 23.7 Å². The third-order valence-corrected chi connectivity index (χ3v) is 5.78. The summed E-state index contributed by atoms with van der Waals surface area (Å²) in [4.78, 5) is 28.6. The Balaban J connectivity index is 1.41. The summed E-state index contributed by atoms with van der Waals surface area (Å²) in [5.41, 5.74) is 0.462. The van der Waals surface area contributed by atoms with Crippen molar-refractivity contribution < 1.29 is 27.5 Å². The Morgan fingerprint density at radius 2 is 1.81 bits per heavy atom. The fraction of sp³-hybridized carbons (Fsp3) is 0.333. The second-order valence-electron chi connectivity index (χ2n) is 7.90. The molecular formula is C21H19ClF3N3O3. The number of halogens is 4. The summed E-state index contributed by atoms with van der Waals surface area (Å²) in [5.74, 6) is -0.587. The largest absolute Gasteiger partial charge is 0.573 e. The van der Waals surface area contributed by atoms with Crippen LogP contribution in [-0.4, -0.2) is 47.9 Å². The molecule has 1 unspecified atom stereocenters. The molecule has 10 heteroatoms. The maximum absolute atomic E-state index is 13.0. The summed E-state index contributed by atoms with van der Waals surface area (Å²) >= 11 is 5.85. The number of anilines is 1. The highest BCUT2D eigenvalue weighted by Crippen LogP contribution is 2.39. The van der Waals surface area contributed by atoms with Crippen molar-refractivity contribution in [1.29, 1.82) is 0 Å². The Morgan fingerprint density at radius 1 is 1.16 bits per heavy atom. The molecular weight excluding hydrogens is 435 g/mol. The van der Waals surface area contributed by atoms with Gasteiger partial charge in [-0.2, -0.15) is 0 Å². The number of hydrogen-bond acceptors (Lipinski definition) is 3. The summed E-state index contributed by atoms with van der Waals surface area (Å²) in [7, 11) is 0. The minimum Gasteiger partial charge on any atom is -0.406 e. The van der Waals surface area contributed by atoms with Gasteiger partial charge in [-0.05, 0) is 61.9 Å². The van der Waals surface area contributed by atoms with Gasteiger partial charge in [0.15, 0.2) is 0 Å². The highest BCUT2D eigenvalue weighted by Gasteiger charge is 2.53. The molecule has 1 N–H and O–H groups in total. The van der Waals surface area contributed by atoms with Crippen molar-refractivity contribution in [3.05, 3.63) is 59.1 Å². The fourth-order valence-electron chi connectivity index (χ4n) is 4.16. The monoisotopic (exact) mass is 453 g/mol. The summed E-state index contributed by atoms with van der Waals surface area (Å²) in [5, 5.41) is 3.49. The Bertz CT molecular complexity index is 998. The molecule has 2 heterocycles. The van der Waals surface area contributed by atoms with Crippen molar-refractivity contribution in [2.24, 2.45) is 0 Å². The Morgan fingerprint density at radius 3 is 2.39 bits per heavy atom. The molecule has 0 spiro atoms. The van der Waals surface area contributed by atoms with Gasteiger partial charge in [0.25, 0.3) is 5.91 Å². The summed E-state index contributed by atoms with van der Waals surface area (Å²) in [6, 6.07) is 11.3. The average Bonchev–Trinajstić information content (AvgIpc) is 3.13. The molecule has 0 aromatic heterocycles. The molecule has 3 amide bonds. The predicted molar refractivity (Wildman–Crippen MR) is 108 cm³/mol. The van der Waals surface area contributed by atoms with Gasteiger partial charge in [-0.25, -0.2) is 4.79 Å². The molecule has 2 aliphatic heterocycles. The third-order valence-electron chi connectivity index (χ3n) is 5.52. The zero-order valence-electron chi connectivity index (χ0n) is 16.4. The SMILES string of the molecule is C[C@@]12CC(NC(=O)c3ccc(Cl)cc3)CN1C(=O)N(c1ccc(OC(F)(F)F)cc1)C2. The normalized spacial score (nSPS) is 23.1. The topological polar surface area (TPSA) is 61.9 Å². The van der Waals surface area contributed by atoms with Crippen LogP contribution in [0, 0.1) is 0 Å². The van der Waals surface area contributed by atoms with E-state index in [1.54, 1.807) is 29.2 Å². The lowest BCUT2D eigenvalue weighted by Crippen LogP contribution is -2.40. The van der Waals surface area contributed by atoms with Gasteiger partial charge in [0, 0.05) is 28.9 Å². The summed E-state index contributed by atoms with van der Waals surface area (Å²) in [6.45, 7) is 2.64. The van der Waals surface area contributed by atoms with Crippen molar-refractivity contribution in [2.75, 3.05) is 18.0 Å². The van der Waals surface area contributed by atoms with Crippen LogP contribution in [0.4, 0.5) is 23.7 Å². The molecule has 0 radical (unpaired) electrons. The number of benzene rings is 2. The van der Waals surface area contributed by atoms with Crippen LogP contribution in [0.2, 0.25) is 5.02 Å². The van der Waals surface area contributed by atoms with Crippen molar-refractivity contribution in [2.45, 2.75) is 31.3 Å². The highest BCUT2D eigenvalue weighted by atomic mass is 35.5. The van der Waals surface area contributed by atoms with Crippen molar-refractivity contribution >= 4 is 29.2 Å². The van der Waals surface area contributed by atoms with Crippen LogP contribution in [0.25, 0.3) is 0 Å². The van der Waals surface area contributed by atoms with Gasteiger partial charge in [-0.15, -0.1) is 13.2 Å². The molecule has 6 nitrogen and oxygen atoms in total. The van der Waals surface area contributed by atoms with Gasteiger partial charge in [-0.1, -0.05) is 11.6 Å². The molecule has 2 aliphatic rings. The number of alkyl halides is 3. The van der Waals surface area contributed by atoms with Crippen molar-refractivity contribution in [3.63, 3.8) is 0 Å². The minimum atomic E-state index is -4.77. The number of ether oxygens (including phenoxy) is 1. The van der Waals surface area contributed by atoms with Gasteiger partial charge in [0.1, 0.15) is 5.75 Å². The zero-order chi connectivity index (χ0) is 22.4. The number of amides is 3. The Labute approximate surface area is 181 Å². The number of rotatable bonds is 4. The summed E-state index contributed by atoms with van der Waals surface area (Å²) in [6.07, 6.45) is -4.21. The lowest BCUT2D eigenvalue weighted by molar-refractivity contribution is -0.274. The first-order valence-electron chi connectivity index (χ1n) is 9.55. The molecule has 2 fully saturated rings. The second-order valence-corrected chi connectivity index (χ2v) is 8.34. The van der Waals surface area contributed by atoms with Gasteiger partial charge in [0.05, 0.1) is 12.1 Å². The van der Waals surface area contributed by atoms with E-state index in [-0.39, 0.29) is 23.7 Å². The lowest BCUT2D eigenvalue weighted by Gasteiger charge is -2.24. The van der Waals surface area contributed by atoms with Crippen LogP contribution in [0.3, 0.4) is 0 Å². The van der Waals surface area contributed by atoms with E-state index >= 15 is 0 Å². The molecule has 2 aromatic rings. The van der Waals surface area contributed by atoms with Crippen LogP contribution in [0.5, 0.6) is 5.75 Å². The number of nitrogens with zero attached hydrogens (tertiary/aromatic N) is 2. The molecule has 0 aliphatic carbocycles. The average molecular weight is 454 g/mol. The number of carbonyl (C=O) groups is 2. The number of fused-ring (bicyclic) bond motifs is 1. The molecule has 0 saturated carbocycles. The van der Waals surface area contributed by atoms with E-state index in [4.69, 9.17) is 11.6 Å². The first-order valence-corrected chi connectivity index (χ1v) is 9.93. The molecule has 2 atom stereocenters. The fourth-order valence-corrected chi connectivity index (χ4v) is 4.28. The first-order chi connectivity index (χ1) is 14.5. The molecule has 4 rings (SSSR count). The van der Waals surface area contributed by atoms with Crippen LogP contribution < -0.4 is 15.0 Å². The van der Waals surface area contributed by atoms with Gasteiger partial charge >= 0.3 is 12.4 Å². The number of nitrogens with one attached hydrogen (secondary N) is 1. The van der Waals surface area contributed by atoms with E-state index in [2.05, 4.69) is 10.1 Å². The Kier molecular flexibility index (Phi) is 5.25. The quantitative estimate of drug-likeness (QED) is 0.744. The number of carbonyl (C=O) groups excluding carboxylic acids is 2. The van der Waals surface area contributed by atoms with E-state index in [1.807, 2.05) is 6.92 Å². The van der Waals surface area contributed by atoms with Gasteiger partial charge in [-0.3, -0.25) is 9.69 Å². The van der Waals surface area contributed by atoms with E-state index in [0.717, 1.165) is 0 Å². The smallest absolute Gasteiger partial charge is 0.406 e. The second kappa shape index (κ2) is 7.64. The maximum atomic E-state index is 13.0. The van der Waals surface area contributed by atoms with Gasteiger partial charge < -0.3 is 15.0 Å². The molecule has 2 saturated heterocycles. The zero-order valence-corrected chi connectivity index (χ0v) is 17.2. The number of urea groups is 1. The van der Waals surface area contributed by atoms with E-state index in [0.29, 0.717) is 35.8 Å². The molecule has 2 aromatic carbocycles. The molecule has 31 heavy (non-hydrogen) atoms. The minimum absolute atomic E-state index is 0.207. The van der Waals surface area contributed by atoms with Crippen molar-refractivity contribution in [1.82, 2.24) is 10.2 Å². The van der Waals surface area contributed by atoms with Crippen molar-refractivity contribution in [3.8, 4) is 5.75 Å². The molecule has 0 bridgehead atoms. The lowest BCUT2D eigenvalue weighted by atomic mass is 9.98. The summed E-state index contributed by atoms with van der Waals surface area (Å²) < 4.78 is 40.9. The van der Waals surface area contributed by atoms with Crippen LogP contribution in [-0.2, 0) is 0 Å². The predicted octanol–water partition coefficient (Wildman–Crippen LogP) is 4.44. The van der Waals surface area contributed by atoms with E-state index in [9.17, 15) is 22.8 Å². The first kappa shape index (κ1) is 21.3. The van der Waals surface area contributed by atoms with E-state index < -0.39 is 11.9 Å². The standard InChI is InChI=1S/C21H19ClF3N3O3/c1-20-10-15(26-18(29)13-2-4-14(22)5-3-13)11-28(20)19(30)27(12-20)16-6-8-17(9-7-16)31-21(23,24)25/h2-9,15H,10-12H2,1H3,(H,26,29)/t15?,20-/m0/s1. The third kappa shape index (κ3) is 4.41. The molecule has 164 valence electrons. The van der Waals surface area contributed by atoms with Crippen LogP contribution >= 0.6 is 11.6 Å². The maximum Gasteiger partial charge on any atom is 0.573 e.